The number of ketones is 1. The molecule has 0 N–H and O–H groups in total. The summed E-state index contributed by atoms with van der Waals surface area (Å²) in [6, 6.07) is 0. The van der Waals surface area contributed by atoms with E-state index in [0.29, 0.717) is 30.0 Å². The Morgan fingerprint density at radius 3 is 2.75 bits per heavy atom. The second kappa shape index (κ2) is 5.44. The first-order chi connectivity index (χ1) is 11.4. The maximum atomic E-state index is 12.1. The number of hydrogen-bond donors (Lipinski definition) is 0. The van der Waals surface area contributed by atoms with Crippen molar-refractivity contribution in [2.45, 2.75) is 78.2 Å². The second-order valence-corrected chi connectivity index (χ2v) is 9.10. The van der Waals surface area contributed by atoms with Gasteiger partial charge in [0.1, 0.15) is 6.10 Å². The Kier molecular flexibility index (Phi) is 3.71. The van der Waals surface area contributed by atoms with Crippen LogP contribution in [0, 0.1) is 28.6 Å². The van der Waals surface area contributed by atoms with Crippen LogP contribution in [0.4, 0.5) is 0 Å². The van der Waals surface area contributed by atoms with Crippen LogP contribution >= 0.6 is 0 Å². The monoisotopic (exact) mass is 330 g/mol. The molecule has 0 spiro atoms. The molecule has 6 atom stereocenters. The van der Waals surface area contributed by atoms with Gasteiger partial charge in [0.25, 0.3) is 0 Å². The fourth-order valence-electron chi connectivity index (χ4n) is 6.80. The van der Waals surface area contributed by atoms with Gasteiger partial charge in [0.15, 0.2) is 5.78 Å². The molecule has 0 amide bonds. The molecule has 0 aliphatic heterocycles. The fraction of sp³-hybridized carbons (Fsp3) is 0.810. The Balaban J connectivity index is 1.59. The van der Waals surface area contributed by atoms with Crippen LogP contribution in [0.15, 0.2) is 11.6 Å². The van der Waals surface area contributed by atoms with E-state index < -0.39 is 0 Å². The highest BCUT2D eigenvalue weighted by Crippen LogP contribution is 2.65. The van der Waals surface area contributed by atoms with E-state index in [-0.39, 0.29) is 22.9 Å². The minimum Gasteiger partial charge on any atom is -0.462 e. The summed E-state index contributed by atoms with van der Waals surface area (Å²) in [5.41, 5.74) is 1.68. The third-order valence-electron chi connectivity index (χ3n) is 8.09. The number of esters is 1. The average Bonchev–Trinajstić information content (AvgIpc) is 3.03. The molecule has 0 radical (unpaired) electrons. The van der Waals surface area contributed by atoms with E-state index in [1.54, 1.807) is 0 Å². The van der Waals surface area contributed by atoms with Crippen LogP contribution in [0.25, 0.3) is 0 Å². The first kappa shape index (κ1) is 16.4. The molecular formula is C21H30O3. The van der Waals surface area contributed by atoms with E-state index in [0.717, 1.165) is 25.7 Å². The normalized spacial score (nSPS) is 46.8. The fourth-order valence-corrected chi connectivity index (χ4v) is 6.80. The lowest BCUT2D eigenvalue weighted by Gasteiger charge is -2.55. The van der Waals surface area contributed by atoms with Gasteiger partial charge in [-0.15, -0.1) is 0 Å². The van der Waals surface area contributed by atoms with Gasteiger partial charge in [-0.3, -0.25) is 9.59 Å². The van der Waals surface area contributed by atoms with Gasteiger partial charge in [0, 0.05) is 18.3 Å². The summed E-state index contributed by atoms with van der Waals surface area (Å²) in [5.74, 6) is 2.28. The largest absolute Gasteiger partial charge is 0.462 e. The van der Waals surface area contributed by atoms with Gasteiger partial charge >= 0.3 is 5.97 Å². The lowest BCUT2D eigenvalue weighted by Crippen LogP contribution is -2.50. The van der Waals surface area contributed by atoms with Gasteiger partial charge < -0.3 is 4.74 Å². The minimum atomic E-state index is -0.0498. The Morgan fingerprint density at radius 2 is 2.00 bits per heavy atom. The maximum Gasteiger partial charge on any atom is 0.305 e. The zero-order chi connectivity index (χ0) is 17.1. The summed E-state index contributed by atoms with van der Waals surface area (Å²) >= 11 is 0. The van der Waals surface area contributed by atoms with E-state index in [1.807, 2.05) is 13.0 Å². The van der Waals surface area contributed by atoms with Crippen LogP contribution < -0.4 is 0 Å². The quantitative estimate of drug-likeness (QED) is 0.703. The zero-order valence-corrected chi connectivity index (χ0v) is 15.3. The first-order valence-electron chi connectivity index (χ1n) is 9.82. The summed E-state index contributed by atoms with van der Waals surface area (Å²) in [6.07, 6.45) is 10.1. The average molecular weight is 330 g/mol. The van der Waals surface area contributed by atoms with Gasteiger partial charge in [-0.25, -0.2) is 0 Å². The van der Waals surface area contributed by atoms with Crippen LogP contribution in [0.1, 0.15) is 72.1 Å². The molecule has 0 heterocycles. The minimum absolute atomic E-state index is 0.0498. The molecule has 24 heavy (non-hydrogen) atoms. The van der Waals surface area contributed by atoms with Crippen LogP contribution in [0.5, 0.6) is 0 Å². The number of allylic oxidation sites excluding steroid dienone is 2. The molecule has 0 saturated heterocycles. The van der Waals surface area contributed by atoms with Crippen molar-refractivity contribution >= 4 is 11.8 Å². The number of ether oxygens (including phenoxy) is 1. The highest BCUT2D eigenvalue weighted by atomic mass is 16.5. The smallest absolute Gasteiger partial charge is 0.305 e. The molecule has 4 aliphatic carbocycles. The summed E-state index contributed by atoms with van der Waals surface area (Å²) in [6.45, 7) is 6.58. The van der Waals surface area contributed by atoms with Gasteiger partial charge in [-0.2, -0.15) is 0 Å². The number of carbonyl (C=O) groups is 2. The Morgan fingerprint density at radius 1 is 1.21 bits per heavy atom. The third-order valence-corrected chi connectivity index (χ3v) is 8.09. The topological polar surface area (TPSA) is 43.4 Å². The molecule has 0 aromatic heterocycles. The van der Waals surface area contributed by atoms with Crippen LogP contribution in [-0.2, 0) is 14.3 Å². The van der Waals surface area contributed by atoms with Gasteiger partial charge in [0.2, 0.25) is 0 Å². The first-order valence-corrected chi connectivity index (χ1v) is 9.82. The SMILES string of the molecule is CCC(=O)OC1CCC2C3CCC4=CC(=O)CC4(C)C3CCC12C. The van der Waals surface area contributed by atoms with E-state index in [1.165, 1.54) is 24.8 Å². The molecule has 0 aromatic carbocycles. The molecule has 0 bridgehead atoms. The van der Waals surface area contributed by atoms with Crippen molar-refractivity contribution in [3.63, 3.8) is 0 Å². The molecule has 0 aromatic rings. The van der Waals surface area contributed by atoms with Gasteiger partial charge in [-0.1, -0.05) is 26.3 Å². The molecule has 132 valence electrons. The number of hydrogen-bond acceptors (Lipinski definition) is 3. The van der Waals surface area contributed by atoms with Crippen molar-refractivity contribution in [3.05, 3.63) is 11.6 Å². The predicted octanol–water partition coefficient (Wildman–Crippen LogP) is 4.45. The molecular weight excluding hydrogens is 300 g/mol. The highest BCUT2D eigenvalue weighted by molar-refractivity contribution is 5.94. The Hall–Kier alpha value is -1.12. The third kappa shape index (κ3) is 2.16. The number of carbonyl (C=O) groups excluding carboxylic acids is 2. The summed E-state index contributed by atoms with van der Waals surface area (Å²) in [4.78, 5) is 23.9. The second-order valence-electron chi connectivity index (χ2n) is 9.10. The van der Waals surface area contributed by atoms with Crippen molar-refractivity contribution in [1.82, 2.24) is 0 Å². The predicted molar refractivity (Wildman–Crippen MR) is 92.3 cm³/mol. The Labute approximate surface area is 145 Å². The molecule has 6 unspecified atom stereocenters. The van der Waals surface area contributed by atoms with Crippen LogP contribution in [0.2, 0.25) is 0 Å². The Bertz CT molecular complexity index is 606. The molecule has 3 nitrogen and oxygen atoms in total. The van der Waals surface area contributed by atoms with Gasteiger partial charge in [-0.05, 0) is 67.8 Å². The maximum absolute atomic E-state index is 12.1. The van der Waals surface area contributed by atoms with Crippen molar-refractivity contribution < 1.29 is 14.3 Å². The van der Waals surface area contributed by atoms with E-state index >= 15 is 0 Å². The standard InChI is InChI=1S/C21H30O3/c1-4-19(23)24-18-8-7-16-15-6-5-13-11-14(22)12-21(13,3)17(15)9-10-20(16,18)2/h11,15-18H,4-10,12H2,1-3H3. The molecule has 4 rings (SSSR count). The number of rotatable bonds is 2. The van der Waals surface area contributed by atoms with Crippen molar-refractivity contribution in [2.24, 2.45) is 28.6 Å². The van der Waals surface area contributed by atoms with E-state index in [4.69, 9.17) is 4.74 Å². The summed E-state index contributed by atoms with van der Waals surface area (Å²) in [5, 5.41) is 0. The van der Waals surface area contributed by atoms with Crippen molar-refractivity contribution in [3.8, 4) is 0 Å². The molecule has 3 saturated carbocycles. The number of fused-ring (bicyclic) bond motifs is 5. The van der Waals surface area contributed by atoms with Crippen LogP contribution in [0.3, 0.4) is 0 Å². The van der Waals surface area contributed by atoms with E-state index in [9.17, 15) is 9.59 Å². The van der Waals surface area contributed by atoms with Gasteiger partial charge in [0.05, 0.1) is 0 Å². The zero-order valence-electron chi connectivity index (χ0n) is 15.3. The lowest BCUT2D eigenvalue weighted by atomic mass is 9.49. The highest BCUT2D eigenvalue weighted by Gasteiger charge is 2.60. The summed E-state index contributed by atoms with van der Waals surface area (Å²) < 4.78 is 5.84. The van der Waals surface area contributed by atoms with Crippen molar-refractivity contribution in [2.75, 3.05) is 0 Å². The molecule has 3 fully saturated rings. The molecule has 4 aliphatic rings. The van der Waals surface area contributed by atoms with Crippen LogP contribution in [-0.4, -0.2) is 17.9 Å². The van der Waals surface area contributed by atoms with Crippen molar-refractivity contribution in [1.29, 1.82) is 0 Å². The van der Waals surface area contributed by atoms with E-state index in [2.05, 4.69) is 13.8 Å². The lowest BCUT2D eigenvalue weighted by molar-refractivity contribution is -0.159. The summed E-state index contributed by atoms with van der Waals surface area (Å²) in [7, 11) is 0. The molecule has 3 heteroatoms.